The van der Waals surface area contributed by atoms with Crippen LogP contribution in [0.2, 0.25) is 0 Å². The maximum atomic E-state index is 3.44. The molecule has 18 heavy (non-hydrogen) atoms. The normalized spacial score (nSPS) is 19.8. The van der Waals surface area contributed by atoms with Gasteiger partial charge in [-0.3, -0.25) is 4.90 Å². The van der Waals surface area contributed by atoms with Gasteiger partial charge >= 0.3 is 0 Å². The quantitative estimate of drug-likeness (QED) is 0.817. The maximum absolute atomic E-state index is 3.44. The predicted octanol–water partition coefficient (Wildman–Crippen LogP) is 3.28. The second-order valence-corrected chi connectivity index (χ2v) is 7.24. The Morgan fingerprint density at radius 2 is 1.78 bits per heavy atom. The highest BCUT2D eigenvalue weighted by molar-refractivity contribution is 14.1. The molecular weight excluding hydrogens is 335 g/mol. The van der Waals surface area contributed by atoms with Crippen LogP contribution in [0.15, 0.2) is 24.3 Å². The highest BCUT2D eigenvalue weighted by Crippen LogP contribution is 2.39. The van der Waals surface area contributed by atoms with Crippen molar-refractivity contribution in [3.05, 3.63) is 33.4 Å². The molecule has 0 bridgehead atoms. The molecular formula is C15H23IN2. The third kappa shape index (κ3) is 3.25. The van der Waals surface area contributed by atoms with E-state index in [9.17, 15) is 0 Å². The first-order valence-electron chi connectivity index (χ1n) is 6.69. The van der Waals surface area contributed by atoms with Crippen LogP contribution in [0.3, 0.4) is 0 Å². The van der Waals surface area contributed by atoms with Crippen molar-refractivity contribution in [1.29, 1.82) is 0 Å². The van der Waals surface area contributed by atoms with Gasteiger partial charge in [0.1, 0.15) is 0 Å². The zero-order valence-electron chi connectivity index (χ0n) is 11.5. The van der Waals surface area contributed by atoms with E-state index in [1.54, 1.807) is 0 Å². The lowest BCUT2D eigenvalue weighted by Gasteiger charge is -2.43. The smallest absolute Gasteiger partial charge is 0.0408 e. The van der Waals surface area contributed by atoms with Gasteiger partial charge in [-0.25, -0.2) is 0 Å². The second-order valence-electron chi connectivity index (χ2n) is 6.08. The molecule has 1 fully saturated rings. The molecule has 1 aliphatic rings. The Morgan fingerprint density at radius 1 is 1.17 bits per heavy atom. The van der Waals surface area contributed by atoms with Crippen LogP contribution in [0.4, 0.5) is 0 Å². The third-order valence-electron chi connectivity index (χ3n) is 3.54. The average Bonchev–Trinajstić information content (AvgIpc) is 2.32. The predicted molar refractivity (Wildman–Crippen MR) is 85.8 cm³/mol. The molecule has 0 unspecified atom stereocenters. The van der Waals surface area contributed by atoms with Gasteiger partial charge in [0.15, 0.2) is 0 Å². The van der Waals surface area contributed by atoms with Crippen molar-refractivity contribution in [3.63, 3.8) is 0 Å². The molecule has 0 aromatic heterocycles. The zero-order chi connectivity index (χ0) is 13.2. The van der Waals surface area contributed by atoms with Crippen LogP contribution in [-0.4, -0.2) is 31.1 Å². The SMILES string of the molecule is CC(C)(C)[C@H](c1ccccc1I)N1CCNCC1. The molecule has 1 aliphatic heterocycles. The van der Waals surface area contributed by atoms with Crippen LogP contribution in [0, 0.1) is 8.99 Å². The van der Waals surface area contributed by atoms with Crippen LogP contribution in [0.25, 0.3) is 0 Å². The lowest BCUT2D eigenvalue weighted by atomic mass is 9.81. The topological polar surface area (TPSA) is 15.3 Å². The Bertz CT molecular complexity index is 392. The first kappa shape index (κ1) is 14.3. The van der Waals surface area contributed by atoms with Crippen molar-refractivity contribution in [2.75, 3.05) is 26.2 Å². The Balaban J connectivity index is 2.34. The van der Waals surface area contributed by atoms with Gasteiger partial charge in [0.25, 0.3) is 0 Å². The van der Waals surface area contributed by atoms with E-state index >= 15 is 0 Å². The monoisotopic (exact) mass is 358 g/mol. The molecule has 0 amide bonds. The van der Waals surface area contributed by atoms with Crippen molar-refractivity contribution in [2.24, 2.45) is 5.41 Å². The fraction of sp³-hybridized carbons (Fsp3) is 0.600. The minimum atomic E-state index is 0.263. The summed E-state index contributed by atoms with van der Waals surface area (Å²) in [6.07, 6.45) is 0. The maximum Gasteiger partial charge on any atom is 0.0408 e. The van der Waals surface area contributed by atoms with Gasteiger partial charge in [0, 0.05) is 35.8 Å². The summed E-state index contributed by atoms with van der Waals surface area (Å²) in [5, 5.41) is 3.44. The Morgan fingerprint density at radius 3 is 2.33 bits per heavy atom. The van der Waals surface area contributed by atoms with E-state index in [0.29, 0.717) is 6.04 Å². The highest BCUT2D eigenvalue weighted by atomic mass is 127. The molecule has 0 saturated carbocycles. The van der Waals surface area contributed by atoms with Gasteiger partial charge in [-0.1, -0.05) is 39.0 Å². The molecule has 1 heterocycles. The summed E-state index contributed by atoms with van der Waals surface area (Å²) in [6.45, 7) is 11.6. The average molecular weight is 358 g/mol. The molecule has 3 heteroatoms. The van der Waals surface area contributed by atoms with E-state index in [4.69, 9.17) is 0 Å². The van der Waals surface area contributed by atoms with Gasteiger partial charge in [-0.05, 0) is 39.6 Å². The number of nitrogens with one attached hydrogen (secondary N) is 1. The molecule has 1 aromatic rings. The molecule has 0 aliphatic carbocycles. The van der Waals surface area contributed by atoms with Crippen molar-refractivity contribution < 1.29 is 0 Å². The molecule has 100 valence electrons. The van der Waals surface area contributed by atoms with Crippen molar-refractivity contribution in [2.45, 2.75) is 26.8 Å². The van der Waals surface area contributed by atoms with Crippen molar-refractivity contribution >= 4 is 22.6 Å². The molecule has 2 nitrogen and oxygen atoms in total. The lowest BCUT2D eigenvalue weighted by molar-refractivity contribution is 0.0856. The highest BCUT2D eigenvalue weighted by Gasteiger charge is 2.33. The second kappa shape index (κ2) is 5.88. The van der Waals surface area contributed by atoms with Crippen LogP contribution in [0.5, 0.6) is 0 Å². The van der Waals surface area contributed by atoms with E-state index in [-0.39, 0.29) is 5.41 Å². The lowest BCUT2D eigenvalue weighted by Crippen LogP contribution is -2.48. The van der Waals surface area contributed by atoms with Crippen LogP contribution < -0.4 is 5.32 Å². The number of piperazine rings is 1. The summed E-state index contributed by atoms with van der Waals surface area (Å²) in [7, 11) is 0. The number of rotatable bonds is 2. The van der Waals surface area contributed by atoms with Gasteiger partial charge in [-0.15, -0.1) is 0 Å². The van der Waals surface area contributed by atoms with Crippen LogP contribution in [-0.2, 0) is 0 Å². The summed E-state index contributed by atoms with van der Waals surface area (Å²) in [4.78, 5) is 2.63. The Hall–Kier alpha value is -0.130. The molecule has 0 spiro atoms. The molecule has 1 N–H and O–H groups in total. The van der Waals surface area contributed by atoms with E-state index in [0.717, 1.165) is 26.2 Å². The fourth-order valence-electron chi connectivity index (χ4n) is 2.85. The standard InChI is InChI=1S/C15H23IN2/c1-15(2,3)14(18-10-8-17-9-11-18)12-6-4-5-7-13(12)16/h4-7,14,17H,8-11H2,1-3H3/t14-/m0/s1. The van der Waals surface area contributed by atoms with Gasteiger partial charge in [-0.2, -0.15) is 0 Å². The fourth-order valence-corrected chi connectivity index (χ4v) is 3.53. The number of hydrogen-bond acceptors (Lipinski definition) is 2. The number of benzene rings is 1. The minimum Gasteiger partial charge on any atom is -0.314 e. The van der Waals surface area contributed by atoms with Gasteiger partial charge < -0.3 is 5.32 Å². The first-order valence-corrected chi connectivity index (χ1v) is 7.77. The summed E-state index contributed by atoms with van der Waals surface area (Å²) >= 11 is 2.47. The summed E-state index contributed by atoms with van der Waals surface area (Å²) in [5.74, 6) is 0. The van der Waals surface area contributed by atoms with E-state index in [1.807, 2.05) is 0 Å². The minimum absolute atomic E-state index is 0.263. The van der Waals surface area contributed by atoms with E-state index in [1.165, 1.54) is 9.13 Å². The zero-order valence-corrected chi connectivity index (χ0v) is 13.7. The molecule has 1 saturated heterocycles. The first-order chi connectivity index (χ1) is 8.50. The Kier molecular flexibility index (Phi) is 4.67. The number of halogens is 1. The van der Waals surface area contributed by atoms with E-state index in [2.05, 4.69) is 77.8 Å². The molecule has 1 atom stereocenters. The summed E-state index contributed by atoms with van der Waals surface area (Å²) in [6, 6.07) is 9.31. The van der Waals surface area contributed by atoms with Crippen LogP contribution >= 0.6 is 22.6 Å². The molecule has 2 rings (SSSR count). The summed E-state index contributed by atoms with van der Waals surface area (Å²) < 4.78 is 1.38. The molecule has 0 radical (unpaired) electrons. The Labute approximate surface area is 124 Å². The van der Waals surface area contributed by atoms with Crippen LogP contribution in [0.1, 0.15) is 32.4 Å². The molecule has 1 aromatic carbocycles. The van der Waals surface area contributed by atoms with Crippen molar-refractivity contribution in [3.8, 4) is 0 Å². The van der Waals surface area contributed by atoms with Gasteiger partial charge in [0.05, 0.1) is 0 Å². The van der Waals surface area contributed by atoms with E-state index < -0.39 is 0 Å². The van der Waals surface area contributed by atoms with Crippen molar-refractivity contribution in [1.82, 2.24) is 10.2 Å². The number of nitrogens with zero attached hydrogens (tertiary/aromatic N) is 1. The van der Waals surface area contributed by atoms with Gasteiger partial charge in [0.2, 0.25) is 0 Å². The number of hydrogen-bond donors (Lipinski definition) is 1. The largest absolute Gasteiger partial charge is 0.314 e. The summed E-state index contributed by atoms with van der Waals surface area (Å²) in [5.41, 5.74) is 1.74. The third-order valence-corrected chi connectivity index (χ3v) is 4.52.